The average molecular weight is 195 g/mol. The molecule has 0 radical (unpaired) electrons. The van der Waals surface area contributed by atoms with Gasteiger partial charge in [-0.15, -0.1) is 0 Å². The van der Waals surface area contributed by atoms with Gasteiger partial charge in [0, 0.05) is 6.20 Å². The molecule has 5 nitrogen and oxygen atoms in total. The summed E-state index contributed by atoms with van der Waals surface area (Å²) in [4.78, 5) is 19.2. The maximum absolute atomic E-state index is 10.3. The van der Waals surface area contributed by atoms with Crippen molar-refractivity contribution in [3.63, 3.8) is 0 Å². The molecule has 0 saturated heterocycles. The van der Waals surface area contributed by atoms with E-state index in [2.05, 4.69) is 10.5 Å². The maximum Gasteiger partial charge on any atom is 0.245 e. The normalized spacial score (nSPS) is 10.1. The number of nitrogens with two attached hydrogens (primary N) is 1. The van der Waals surface area contributed by atoms with Gasteiger partial charge in [0.15, 0.2) is 0 Å². The molecule has 1 amide bonds. The van der Waals surface area contributed by atoms with E-state index < -0.39 is 5.91 Å². The molecule has 3 N–H and O–H groups in total. The van der Waals surface area contributed by atoms with Gasteiger partial charge in [-0.2, -0.15) is 5.48 Å². The van der Waals surface area contributed by atoms with Crippen LogP contribution in [0.4, 0.5) is 0 Å². The highest BCUT2D eigenvalue weighted by molar-refractivity contribution is 5.74. The van der Waals surface area contributed by atoms with E-state index in [9.17, 15) is 4.79 Å². The van der Waals surface area contributed by atoms with Gasteiger partial charge in [-0.1, -0.05) is 6.07 Å². The molecule has 0 unspecified atom stereocenters. The predicted molar refractivity (Wildman–Crippen MR) is 51.0 cm³/mol. The van der Waals surface area contributed by atoms with Crippen molar-refractivity contribution in [2.24, 2.45) is 5.73 Å². The van der Waals surface area contributed by atoms with Gasteiger partial charge in [-0.25, -0.2) is 0 Å². The highest BCUT2D eigenvalue weighted by Crippen LogP contribution is 2.01. The van der Waals surface area contributed by atoms with Crippen molar-refractivity contribution in [1.82, 2.24) is 10.5 Å². The summed E-state index contributed by atoms with van der Waals surface area (Å²) in [6, 6.07) is 3.82. The molecule has 0 atom stereocenters. The molecule has 14 heavy (non-hydrogen) atoms. The third-order valence-corrected chi connectivity index (χ3v) is 1.67. The van der Waals surface area contributed by atoms with Crippen molar-refractivity contribution in [1.29, 1.82) is 0 Å². The third-order valence-electron chi connectivity index (χ3n) is 1.67. The topological polar surface area (TPSA) is 77.2 Å². The standard InChI is InChI=1S/C9H13N3O2/c1-7-3-2-4-11-8(7)5-12-14-6-9(10)13/h2-4,12H,5-6H2,1H3,(H2,10,13). The van der Waals surface area contributed by atoms with Gasteiger partial charge >= 0.3 is 0 Å². The molecule has 0 aliphatic heterocycles. The van der Waals surface area contributed by atoms with Crippen molar-refractivity contribution in [3.05, 3.63) is 29.6 Å². The van der Waals surface area contributed by atoms with E-state index >= 15 is 0 Å². The van der Waals surface area contributed by atoms with Crippen molar-refractivity contribution < 1.29 is 9.63 Å². The summed E-state index contributed by atoms with van der Waals surface area (Å²) in [7, 11) is 0. The minimum Gasteiger partial charge on any atom is -0.368 e. The number of aromatic nitrogens is 1. The number of hydroxylamine groups is 1. The molecule has 1 aromatic rings. The number of amides is 1. The number of pyridine rings is 1. The SMILES string of the molecule is Cc1cccnc1CNOCC(N)=O. The van der Waals surface area contributed by atoms with Gasteiger partial charge in [0.2, 0.25) is 5.91 Å². The number of nitrogens with one attached hydrogen (secondary N) is 1. The quantitative estimate of drug-likeness (QED) is 0.508. The largest absolute Gasteiger partial charge is 0.368 e. The fourth-order valence-electron chi connectivity index (χ4n) is 0.945. The zero-order valence-electron chi connectivity index (χ0n) is 7.99. The van der Waals surface area contributed by atoms with Crippen molar-refractivity contribution in [3.8, 4) is 0 Å². The molecule has 0 bridgehead atoms. The number of carbonyl (C=O) groups is 1. The molecular weight excluding hydrogens is 182 g/mol. The first-order valence-corrected chi connectivity index (χ1v) is 4.23. The number of primary amides is 1. The minimum absolute atomic E-state index is 0.133. The van der Waals surface area contributed by atoms with E-state index in [1.54, 1.807) is 6.20 Å². The van der Waals surface area contributed by atoms with E-state index in [4.69, 9.17) is 10.6 Å². The van der Waals surface area contributed by atoms with Crippen LogP contribution >= 0.6 is 0 Å². The second kappa shape index (κ2) is 5.31. The Hall–Kier alpha value is -1.46. The Morgan fingerprint density at radius 3 is 3.14 bits per heavy atom. The zero-order chi connectivity index (χ0) is 10.4. The Kier molecular flexibility index (Phi) is 4.03. The van der Waals surface area contributed by atoms with Crippen LogP contribution in [-0.4, -0.2) is 17.5 Å². The first-order valence-electron chi connectivity index (χ1n) is 4.23. The van der Waals surface area contributed by atoms with Gasteiger partial charge in [0.1, 0.15) is 6.61 Å². The van der Waals surface area contributed by atoms with E-state index in [1.807, 2.05) is 19.1 Å². The molecule has 0 aromatic carbocycles. The summed E-state index contributed by atoms with van der Waals surface area (Å²) >= 11 is 0. The van der Waals surface area contributed by atoms with E-state index in [1.165, 1.54) is 0 Å². The van der Waals surface area contributed by atoms with Gasteiger partial charge in [0.25, 0.3) is 0 Å². The minimum atomic E-state index is -0.504. The monoisotopic (exact) mass is 195 g/mol. The Bertz CT molecular complexity index is 315. The summed E-state index contributed by atoms with van der Waals surface area (Å²) < 4.78 is 0. The molecular formula is C9H13N3O2. The van der Waals surface area contributed by atoms with E-state index in [0.29, 0.717) is 6.54 Å². The Labute approximate surface area is 82.2 Å². The van der Waals surface area contributed by atoms with Crippen molar-refractivity contribution in [2.75, 3.05) is 6.61 Å². The summed E-state index contributed by atoms with van der Waals surface area (Å²) in [5.74, 6) is -0.504. The number of aryl methyl sites for hydroxylation is 1. The Balaban J connectivity index is 2.31. The highest BCUT2D eigenvalue weighted by Gasteiger charge is 1.98. The molecule has 1 rings (SSSR count). The zero-order valence-corrected chi connectivity index (χ0v) is 7.99. The summed E-state index contributed by atoms with van der Waals surface area (Å²) in [5.41, 5.74) is 9.45. The number of carbonyl (C=O) groups excluding carboxylic acids is 1. The smallest absolute Gasteiger partial charge is 0.245 e. The van der Waals surface area contributed by atoms with Crippen LogP contribution in [0.5, 0.6) is 0 Å². The highest BCUT2D eigenvalue weighted by atomic mass is 16.6. The van der Waals surface area contributed by atoms with Crippen LogP contribution in [0.15, 0.2) is 18.3 Å². The molecule has 1 aromatic heterocycles. The second-order valence-electron chi connectivity index (χ2n) is 2.84. The Morgan fingerprint density at radius 1 is 1.71 bits per heavy atom. The van der Waals surface area contributed by atoms with Crippen LogP contribution in [0, 0.1) is 6.92 Å². The lowest BCUT2D eigenvalue weighted by Gasteiger charge is -2.05. The van der Waals surface area contributed by atoms with E-state index in [-0.39, 0.29) is 6.61 Å². The fourth-order valence-corrected chi connectivity index (χ4v) is 0.945. The average Bonchev–Trinajstić information content (AvgIpc) is 2.15. The van der Waals surface area contributed by atoms with Gasteiger partial charge in [0.05, 0.1) is 12.2 Å². The number of nitrogens with zero attached hydrogens (tertiary/aromatic N) is 1. The third kappa shape index (κ3) is 3.51. The van der Waals surface area contributed by atoms with Gasteiger partial charge < -0.3 is 5.73 Å². The predicted octanol–water partition coefficient (Wildman–Crippen LogP) is -0.103. The second-order valence-corrected chi connectivity index (χ2v) is 2.84. The summed E-state index contributed by atoms with van der Waals surface area (Å²) in [6.45, 7) is 2.28. The van der Waals surface area contributed by atoms with Crippen LogP contribution < -0.4 is 11.2 Å². The molecule has 0 saturated carbocycles. The Morgan fingerprint density at radius 2 is 2.50 bits per heavy atom. The first-order chi connectivity index (χ1) is 6.70. The lowest BCUT2D eigenvalue weighted by molar-refractivity contribution is -0.125. The van der Waals surface area contributed by atoms with Crippen LogP contribution in [0.1, 0.15) is 11.3 Å². The number of hydrogen-bond acceptors (Lipinski definition) is 4. The lowest BCUT2D eigenvalue weighted by atomic mass is 10.2. The van der Waals surface area contributed by atoms with Gasteiger partial charge in [-0.05, 0) is 18.6 Å². The summed E-state index contributed by atoms with van der Waals surface area (Å²) in [6.07, 6.45) is 1.71. The van der Waals surface area contributed by atoms with Crippen LogP contribution in [0.2, 0.25) is 0 Å². The maximum atomic E-state index is 10.3. The van der Waals surface area contributed by atoms with Gasteiger partial charge in [-0.3, -0.25) is 14.6 Å². The fraction of sp³-hybridized carbons (Fsp3) is 0.333. The van der Waals surface area contributed by atoms with Crippen LogP contribution in [-0.2, 0) is 16.2 Å². The molecule has 0 aliphatic carbocycles. The lowest BCUT2D eigenvalue weighted by Crippen LogP contribution is -2.25. The van der Waals surface area contributed by atoms with E-state index in [0.717, 1.165) is 11.3 Å². The van der Waals surface area contributed by atoms with Crippen molar-refractivity contribution >= 4 is 5.91 Å². The molecule has 5 heteroatoms. The molecule has 0 fully saturated rings. The molecule has 76 valence electrons. The van der Waals surface area contributed by atoms with Crippen molar-refractivity contribution in [2.45, 2.75) is 13.5 Å². The molecule has 0 spiro atoms. The number of hydrogen-bond donors (Lipinski definition) is 2. The van der Waals surface area contributed by atoms with Crippen LogP contribution in [0.25, 0.3) is 0 Å². The molecule has 1 heterocycles. The number of rotatable bonds is 5. The summed E-state index contributed by atoms with van der Waals surface area (Å²) in [5, 5.41) is 0. The first kappa shape index (κ1) is 10.6. The van der Waals surface area contributed by atoms with Crippen LogP contribution in [0.3, 0.4) is 0 Å². The molecule has 0 aliphatic rings.